The van der Waals surface area contributed by atoms with Crippen LogP contribution in [-0.2, 0) is 4.74 Å². The summed E-state index contributed by atoms with van der Waals surface area (Å²) < 4.78 is 5.84. The van der Waals surface area contributed by atoms with E-state index in [-0.39, 0.29) is 0 Å². The lowest BCUT2D eigenvalue weighted by Gasteiger charge is -2.55. The normalized spacial score (nSPS) is 44.1. The molecule has 4 heteroatoms. The number of ether oxygens (including phenoxy) is 1. The summed E-state index contributed by atoms with van der Waals surface area (Å²) in [5.41, 5.74) is 0.341. The second-order valence-corrected chi connectivity index (χ2v) is 8.58. The molecule has 0 bridgehead atoms. The van der Waals surface area contributed by atoms with Crippen molar-refractivity contribution in [2.45, 2.75) is 37.7 Å². The standard InChI is InChI=1S/C13H23NOS2/c1-13(2)11(10-3-4-15-12(10)13)14-7-9-8-16-5-6-17-9/h9-12,14H,3-8H2,1-2H3. The van der Waals surface area contributed by atoms with Gasteiger partial charge in [0.1, 0.15) is 0 Å². The Morgan fingerprint density at radius 3 is 3.00 bits per heavy atom. The molecule has 2 nitrogen and oxygen atoms in total. The molecule has 3 aliphatic rings. The van der Waals surface area contributed by atoms with E-state index in [9.17, 15) is 0 Å². The third-order valence-electron chi connectivity index (χ3n) is 4.55. The maximum Gasteiger partial charge on any atom is 0.0685 e. The summed E-state index contributed by atoms with van der Waals surface area (Å²) in [6.07, 6.45) is 1.78. The van der Waals surface area contributed by atoms with Crippen LogP contribution >= 0.6 is 23.5 Å². The van der Waals surface area contributed by atoms with Crippen LogP contribution < -0.4 is 5.32 Å². The van der Waals surface area contributed by atoms with Crippen LogP contribution in [0.2, 0.25) is 0 Å². The van der Waals surface area contributed by atoms with Crippen LogP contribution in [0.15, 0.2) is 0 Å². The van der Waals surface area contributed by atoms with Crippen molar-refractivity contribution in [1.29, 1.82) is 0 Å². The van der Waals surface area contributed by atoms with Gasteiger partial charge in [-0.2, -0.15) is 23.5 Å². The van der Waals surface area contributed by atoms with Gasteiger partial charge in [0.15, 0.2) is 0 Å². The van der Waals surface area contributed by atoms with Crippen LogP contribution in [0.25, 0.3) is 0 Å². The lowest BCUT2D eigenvalue weighted by atomic mass is 9.57. The lowest BCUT2D eigenvalue weighted by Crippen LogP contribution is -2.66. The quantitative estimate of drug-likeness (QED) is 0.851. The Kier molecular flexibility index (Phi) is 3.68. The molecule has 4 atom stereocenters. The van der Waals surface area contributed by atoms with E-state index in [0.717, 1.165) is 17.8 Å². The summed E-state index contributed by atoms with van der Waals surface area (Å²) >= 11 is 4.26. The molecular weight excluding hydrogens is 250 g/mol. The van der Waals surface area contributed by atoms with Crippen LogP contribution in [0.3, 0.4) is 0 Å². The average molecular weight is 273 g/mol. The van der Waals surface area contributed by atoms with E-state index < -0.39 is 0 Å². The molecule has 0 radical (unpaired) electrons. The Morgan fingerprint density at radius 1 is 1.35 bits per heavy atom. The van der Waals surface area contributed by atoms with E-state index >= 15 is 0 Å². The van der Waals surface area contributed by atoms with Gasteiger partial charge in [0.2, 0.25) is 0 Å². The van der Waals surface area contributed by atoms with Gasteiger partial charge in [-0.25, -0.2) is 0 Å². The number of hydrogen-bond acceptors (Lipinski definition) is 4. The highest BCUT2D eigenvalue weighted by Gasteiger charge is 2.58. The molecule has 0 amide bonds. The van der Waals surface area contributed by atoms with Crippen molar-refractivity contribution < 1.29 is 4.74 Å². The fourth-order valence-corrected chi connectivity index (χ4v) is 6.28. The maximum atomic E-state index is 5.84. The molecule has 0 aromatic carbocycles. The highest BCUT2D eigenvalue weighted by Crippen LogP contribution is 2.52. The Hall–Kier alpha value is 0.620. The number of hydrogen-bond donors (Lipinski definition) is 1. The minimum atomic E-state index is 0.341. The molecule has 98 valence electrons. The average Bonchev–Trinajstić information content (AvgIpc) is 2.77. The van der Waals surface area contributed by atoms with Crippen LogP contribution in [0.4, 0.5) is 0 Å². The molecule has 4 unspecified atom stereocenters. The third kappa shape index (κ3) is 2.26. The van der Waals surface area contributed by atoms with Crippen molar-refractivity contribution >= 4 is 23.5 Å². The predicted octanol–water partition coefficient (Wildman–Crippen LogP) is 2.24. The number of nitrogens with one attached hydrogen (secondary N) is 1. The predicted molar refractivity (Wildman–Crippen MR) is 77.0 cm³/mol. The van der Waals surface area contributed by atoms with Crippen LogP contribution in [0.1, 0.15) is 20.3 Å². The van der Waals surface area contributed by atoms with Crippen LogP contribution in [-0.4, -0.2) is 47.8 Å². The summed E-state index contributed by atoms with van der Waals surface area (Å²) in [7, 11) is 0. The molecule has 1 N–H and O–H groups in total. The Morgan fingerprint density at radius 2 is 2.24 bits per heavy atom. The van der Waals surface area contributed by atoms with Crippen LogP contribution in [0, 0.1) is 11.3 Å². The first kappa shape index (κ1) is 12.6. The van der Waals surface area contributed by atoms with Crippen molar-refractivity contribution in [3.05, 3.63) is 0 Å². The Labute approximate surface area is 113 Å². The zero-order chi connectivity index (χ0) is 11.9. The van der Waals surface area contributed by atoms with Gasteiger partial charge in [-0.3, -0.25) is 0 Å². The number of thioether (sulfide) groups is 2. The Balaban J connectivity index is 1.51. The lowest BCUT2D eigenvalue weighted by molar-refractivity contribution is -0.112. The second kappa shape index (κ2) is 4.95. The first-order chi connectivity index (χ1) is 8.19. The van der Waals surface area contributed by atoms with Crippen molar-refractivity contribution in [1.82, 2.24) is 5.32 Å². The minimum Gasteiger partial charge on any atom is -0.377 e. The van der Waals surface area contributed by atoms with Crippen molar-refractivity contribution in [3.8, 4) is 0 Å². The van der Waals surface area contributed by atoms with E-state index in [1.807, 2.05) is 0 Å². The molecule has 0 aromatic rings. The topological polar surface area (TPSA) is 21.3 Å². The molecular formula is C13H23NOS2. The number of rotatable bonds is 3. The molecule has 3 rings (SSSR count). The second-order valence-electron chi connectivity index (χ2n) is 6.02. The van der Waals surface area contributed by atoms with Crippen molar-refractivity contribution in [3.63, 3.8) is 0 Å². The maximum absolute atomic E-state index is 5.84. The van der Waals surface area contributed by atoms with Gasteiger partial charge in [-0.15, -0.1) is 0 Å². The Bertz CT molecular complexity index is 279. The van der Waals surface area contributed by atoms with E-state index in [0.29, 0.717) is 17.6 Å². The minimum absolute atomic E-state index is 0.341. The van der Waals surface area contributed by atoms with Gasteiger partial charge in [-0.1, -0.05) is 13.8 Å². The largest absolute Gasteiger partial charge is 0.377 e. The molecule has 3 fully saturated rings. The highest BCUT2D eigenvalue weighted by atomic mass is 32.2. The highest BCUT2D eigenvalue weighted by molar-refractivity contribution is 8.06. The monoisotopic (exact) mass is 273 g/mol. The summed E-state index contributed by atoms with van der Waals surface area (Å²) in [4.78, 5) is 0. The molecule has 2 aliphatic heterocycles. The van der Waals surface area contributed by atoms with Gasteiger partial charge in [0.25, 0.3) is 0 Å². The molecule has 0 aromatic heterocycles. The molecule has 2 heterocycles. The fraction of sp³-hybridized carbons (Fsp3) is 1.00. The van der Waals surface area contributed by atoms with Crippen molar-refractivity contribution in [2.24, 2.45) is 11.3 Å². The summed E-state index contributed by atoms with van der Waals surface area (Å²) in [6, 6.07) is 0.683. The molecule has 0 spiro atoms. The van der Waals surface area contributed by atoms with E-state index in [2.05, 4.69) is 42.7 Å². The summed E-state index contributed by atoms with van der Waals surface area (Å²) in [5, 5.41) is 4.66. The SMILES string of the molecule is CC1(C)C(NCC2CSCCS2)C2CCOC21. The van der Waals surface area contributed by atoms with Gasteiger partial charge < -0.3 is 10.1 Å². The zero-order valence-corrected chi connectivity index (χ0v) is 12.4. The molecule has 1 aliphatic carbocycles. The van der Waals surface area contributed by atoms with Crippen molar-refractivity contribution in [2.75, 3.05) is 30.4 Å². The van der Waals surface area contributed by atoms with Crippen LogP contribution in [0.5, 0.6) is 0 Å². The summed E-state index contributed by atoms with van der Waals surface area (Å²) in [5.74, 6) is 4.79. The molecule has 1 saturated carbocycles. The molecule has 17 heavy (non-hydrogen) atoms. The van der Waals surface area contributed by atoms with Gasteiger partial charge in [0, 0.05) is 53.0 Å². The van der Waals surface area contributed by atoms with Gasteiger partial charge in [0.05, 0.1) is 6.10 Å². The van der Waals surface area contributed by atoms with Gasteiger partial charge in [-0.05, 0) is 6.42 Å². The fourth-order valence-electron chi connectivity index (χ4n) is 3.65. The van der Waals surface area contributed by atoms with E-state index in [1.54, 1.807) is 0 Å². The smallest absolute Gasteiger partial charge is 0.0685 e. The first-order valence-electron chi connectivity index (χ1n) is 6.74. The third-order valence-corrected chi connectivity index (χ3v) is 7.40. The molecule has 2 saturated heterocycles. The zero-order valence-electron chi connectivity index (χ0n) is 10.8. The van der Waals surface area contributed by atoms with E-state index in [1.165, 1.54) is 30.2 Å². The van der Waals surface area contributed by atoms with Gasteiger partial charge >= 0.3 is 0 Å². The number of fused-ring (bicyclic) bond motifs is 1. The summed E-state index contributed by atoms with van der Waals surface area (Å²) in [6.45, 7) is 6.89. The van der Waals surface area contributed by atoms with E-state index in [4.69, 9.17) is 4.74 Å². The first-order valence-corrected chi connectivity index (χ1v) is 8.94.